The first-order chi connectivity index (χ1) is 37.7. The molecule has 0 saturated carbocycles. The van der Waals surface area contributed by atoms with Crippen LogP contribution in [-0.4, -0.2) is 9.13 Å². The summed E-state index contributed by atoms with van der Waals surface area (Å²) in [6, 6.07) is 117. The number of aromatic nitrogens is 2. The van der Waals surface area contributed by atoms with Crippen LogP contribution >= 0.6 is 10.0 Å². The average Bonchev–Trinajstić information content (AvgIpc) is 4.02. The molecular formula is C73H52N2S. The zero-order valence-electron chi connectivity index (χ0n) is 41.8. The maximum Gasteiger partial charge on any atom is 0.0701 e. The van der Waals surface area contributed by atoms with Crippen LogP contribution in [0.1, 0.15) is 22.3 Å². The maximum atomic E-state index is 2.44. The predicted molar refractivity (Wildman–Crippen MR) is 319 cm³/mol. The third kappa shape index (κ3) is 7.19. The average molecular weight is 989 g/mol. The van der Waals surface area contributed by atoms with Crippen molar-refractivity contribution in [3.05, 3.63) is 338 Å². The molecule has 360 valence electrons. The van der Waals surface area contributed by atoms with Crippen LogP contribution in [0, 0.1) is 0 Å². The van der Waals surface area contributed by atoms with Gasteiger partial charge in [0.25, 0.3) is 0 Å². The van der Waals surface area contributed by atoms with E-state index in [1.54, 1.807) is 0 Å². The van der Waals surface area contributed by atoms with Gasteiger partial charge in [0.05, 0.1) is 27.5 Å². The van der Waals surface area contributed by atoms with Crippen molar-refractivity contribution in [2.24, 2.45) is 0 Å². The fraction of sp³-hybridized carbons (Fsp3) is 0.0137. The Morgan fingerprint density at radius 2 is 0.513 bits per heavy atom. The lowest BCUT2D eigenvalue weighted by molar-refractivity contribution is 0.745. The SMILES string of the molecule is c1ccc(C(c2ccccc2)(c2ccccc2)c2ccc(-n3c4ccccc4c4cc(-c5ccc6c(c5)c5ccccc5n6-c5ccc(S(c6ccccc6)(c6ccccc6)c6ccccc6)cc5)ccc43)cc2)cc1. The quantitative estimate of drug-likeness (QED) is 0.114. The molecule has 0 fully saturated rings. The van der Waals surface area contributed by atoms with Gasteiger partial charge < -0.3 is 9.13 Å². The minimum absolute atomic E-state index is 0.516. The molecule has 0 radical (unpaired) electrons. The summed E-state index contributed by atoms with van der Waals surface area (Å²) in [6.45, 7) is 0. The molecule has 0 unspecified atom stereocenters. The van der Waals surface area contributed by atoms with Crippen LogP contribution in [0.2, 0.25) is 0 Å². The normalized spacial score (nSPS) is 12.2. The highest BCUT2D eigenvalue weighted by Gasteiger charge is 2.38. The topological polar surface area (TPSA) is 9.86 Å². The molecule has 2 heterocycles. The van der Waals surface area contributed by atoms with E-state index in [-0.39, 0.29) is 0 Å². The summed E-state index contributed by atoms with van der Waals surface area (Å²) in [6.07, 6.45) is 0. The van der Waals surface area contributed by atoms with E-state index in [1.807, 2.05) is 0 Å². The first-order valence-corrected chi connectivity index (χ1v) is 27.8. The van der Waals surface area contributed by atoms with Gasteiger partial charge in [-0.15, -0.1) is 10.0 Å². The molecule has 0 aliphatic carbocycles. The summed E-state index contributed by atoms with van der Waals surface area (Å²) in [7, 11) is -1.81. The minimum Gasteiger partial charge on any atom is -0.309 e. The van der Waals surface area contributed by atoms with Crippen molar-refractivity contribution in [1.82, 2.24) is 9.13 Å². The van der Waals surface area contributed by atoms with Crippen molar-refractivity contribution in [3.63, 3.8) is 0 Å². The highest BCUT2D eigenvalue weighted by atomic mass is 32.3. The monoisotopic (exact) mass is 988 g/mol. The molecule has 0 atom stereocenters. The summed E-state index contributed by atoms with van der Waals surface area (Å²) in [4.78, 5) is 5.24. The van der Waals surface area contributed by atoms with E-state index in [0.717, 1.165) is 11.4 Å². The second-order valence-electron chi connectivity index (χ2n) is 19.6. The third-order valence-electron chi connectivity index (χ3n) is 15.6. The summed E-state index contributed by atoms with van der Waals surface area (Å²) < 4.78 is 4.87. The maximum absolute atomic E-state index is 2.44. The van der Waals surface area contributed by atoms with Crippen LogP contribution in [0.3, 0.4) is 0 Å². The van der Waals surface area contributed by atoms with Gasteiger partial charge in [-0.3, -0.25) is 0 Å². The second-order valence-corrected chi connectivity index (χ2v) is 22.7. The third-order valence-corrected chi connectivity index (χ3v) is 19.5. The molecule has 0 saturated heterocycles. The van der Waals surface area contributed by atoms with Crippen molar-refractivity contribution in [2.45, 2.75) is 25.0 Å². The molecule has 0 N–H and O–H groups in total. The fourth-order valence-electron chi connectivity index (χ4n) is 12.3. The van der Waals surface area contributed by atoms with Crippen LogP contribution in [0.15, 0.2) is 335 Å². The Morgan fingerprint density at radius 3 is 0.895 bits per heavy atom. The minimum atomic E-state index is -1.81. The van der Waals surface area contributed by atoms with E-state index < -0.39 is 15.4 Å². The van der Waals surface area contributed by atoms with E-state index >= 15 is 0 Å². The van der Waals surface area contributed by atoms with Crippen molar-refractivity contribution in [1.29, 1.82) is 0 Å². The second kappa shape index (κ2) is 18.8. The van der Waals surface area contributed by atoms with Gasteiger partial charge in [-0.05, 0) is 143 Å². The number of para-hydroxylation sites is 2. The molecule has 14 rings (SSSR count). The van der Waals surface area contributed by atoms with Gasteiger partial charge in [-0.1, -0.05) is 206 Å². The number of rotatable bonds is 11. The lowest BCUT2D eigenvalue weighted by atomic mass is 9.65. The van der Waals surface area contributed by atoms with E-state index in [9.17, 15) is 0 Å². The van der Waals surface area contributed by atoms with Crippen LogP contribution in [0.4, 0.5) is 0 Å². The first kappa shape index (κ1) is 45.2. The van der Waals surface area contributed by atoms with E-state index in [0.29, 0.717) is 0 Å². The molecule has 3 heteroatoms. The Hall–Kier alpha value is -9.41. The molecule has 0 bridgehead atoms. The molecule has 2 aromatic heterocycles. The number of hydrogen-bond acceptors (Lipinski definition) is 0. The molecule has 12 aromatic carbocycles. The summed E-state index contributed by atoms with van der Waals surface area (Å²) in [5.41, 5.74) is 13.8. The van der Waals surface area contributed by atoms with Crippen molar-refractivity contribution < 1.29 is 0 Å². The summed E-state index contributed by atoms with van der Waals surface area (Å²) >= 11 is 0. The van der Waals surface area contributed by atoms with Gasteiger partial charge in [0, 0.05) is 52.5 Å². The molecule has 76 heavy (non-hydrogen) atoms. The predicted octanol–water partition coefficient (Wildman–Crippen LogP) is 19.3. The Morgan fingerprint density at radius 1 is 0.224 bits per heavy atom. The Labute approximate surface area is 445 Å². The lowest BCUT2D eigenvalue weighted by Gasteiger charge is -2.42. The zero-order chi connectivity index (χ0) is 50.5. The van der Waals surface area contributed by atoms with Crippen LogP contribution in [0.25, 0.3) is 66.1 Å². The van der Waals surface area contributed by atoms with Gasteiger partial charge >= 0.3 is 0 Å². The van der Waals surface area contributed by atoms with Gasteiger partial charge in [0.15, 0.2) is 0 Å². The first-order valence-electron chi connectivity index (χ1n) is 26.1. The smallest absolute Gasteiger partial charge is 0.0701 e. The van der Waals surface area contributed by atoms with Gasteiger partial charge in [-0.25, -0.2) is 0 Å². The van der Waals surface area contributed by atoms with Crippen molar-refractivity contribution in [2.75, 3.05) is 0 Å². The molecule has 0 aliphatic rings. The number of hydrogen-bond donors (Lipinski definition) is 0. The van der Waals surface area contributed by atoms with Crippen molar-refractivity contribution >= 4 is 53.6 Å². The fourth-order valence-corrected chi connectivity index (χ4v) is 16.1. The molecule has 2 nitrogen and oxygen atoms in total. The Kier molecular flexibility index (Phi) is 11.2. The van der Waals surface area contributed by atoms with E-state index in [1.165, 1.54) is 96.6 Å². The zero-order valence-corrected chi connectivity index (χ0v) is 42.6. The number of benzene rings is 12. The highest BCUT2D eigenvalue weighted by molar-refractivity contribution is 8.34. The van der Waals surface area contributed by atoms with Crippen LogP contribution in [0.5, 0.6) is 0 Å². The standard InChI is InChI=1S/C73H52N2S/c1-7-23-55(24-8-1)73(56-25-9-2-10-26-56,57-27-11-3-12-28-57)58-41-43-59(44-42-58)74-69-37-21-19-35-65(69)67-51-53(39-49-71(67)74)54-40-50-72-68(52-54)66-36-20-22-38-70(66)75(72)60-45-47-64(48-46-60)76(61-29-13-4-14-30-61,62-31-15-5-16-32-62)63-33-17-6-18-34-63/h1-52H. The van der Waals surface area contributed by atoms with E-state index in [4.69, 9.17) is 0 Å². The van der Waals surface area contributed by atoms with Crippen molar-refractivity contribution in [3.8, 4) is 22.5 Å². The number of fused-ring (bicyclic) bond motifs is 6. The molecule has 0 aliphatic heterocycles. The number of nitrogens with zero attached hydrogens (tertiary/aromatic N) is 2. The van der Waals surface area contributed by atoms with Gasteiger partial charge in [-0.2, -0.15) is 0 Å². The molecule has 14 aromatic rings. The van der Waals surface area contributed by atoms with Crippen LogP contribution in [-0.2, 0) is 5.41 Å². The molecular weight excluding hydrogens is 937 g/mol. The van der Waals surface area contributed by atoms with E-state index in [2.05, 4.69) is 325 Å². The largest absolute Gasteiger partial charge is 0.309 e. The van der Waals surface area contributed by atoms with Crippen LogP contribution < -0.4 is 0 Å². The Balaban J connectivity index is 0.865. The molecule has 0 spiro atoms. The summed E-state index contributed by atoms with van der Waals surface area (Å²) in [5.74, 6) is 0. The molecule has 0 amide bonds. The Bertz CT molecular complexity index is 3860. The highest BCUT2D eigenvalue weighted by Crippen LogP contribution is 2.73. The van der Waals surface area contributed by atoms with Gasteiger partial charge in [0.2, 0.25) is 0 Å². The lowest BCUT2D eigenvalue weighted by Crippen LogP contribution is -2.30. The van der Waals surface area contributed by atoms with Gasteiger partial charge in [0.1, 0.15) is 0 Å². The summed E-state index contributed by atoms with van der Waals surface area (Å²) in [5, 5.41) is 4.93.